The lowest BCUT2D eigenvalue weighted by Gasteiger charge is -2.13. The highest BCUT2D eigenvalue weighted by molar-refractivity contribution is 14.0. The van der Waals surface area contributed by atoms with E-state index in [-0.39, 0.29) is 42.3 Å². The molecule has 0 saturated carbocycles. The minimum Gasteiger partial charge on any atom is -0.357 e. The van der Waals surface area contributed by atoms with Gasteiger partial charge in [-0.2, -0.15) is 0 Å². The van der Waals surface area contributed by atoms with E-state index in [0.717, 1.165) is 18.5 Å². The lowest BCUT2D eigenvalue weighted by Crippen LogP contribution is -2.39. The molecule has 146 valence electrons. The number of likely N-dealkylation sites (N-methyl/N-ethyl adjacent to an activating group) is 1. The van der Waals surface area contributed by atoms with E-state index in [1.807, 2.05) is 31.2 Å². The third-order valence-electron chi connectivity index (χ3n) is 3.50. The molecule has 1 rings (SSSR count). The van der Waals surface area contributed by atoms with Crippen LogP contribution < -0.4 is 10.6 Å². The van der Waals surface area contributed by atoms with Crippen LogP contribution in [-0.4, -0.2) is 75.4 Å². The molecule has 0 heterocycles. The predicted octanol–water partition coefficient (Wildman–Crippen LogP) is 1.19. The Morgan fingerprint density at radius 2 is 1.77 bits per heavy atom. The van der Waals surface area contributed by atoms with Gasteiger partial charge in [-0.15, -0.1) is 24.0 Å². The fraction of sp³-hybridized carbons (Fsp3) is 0.500. The Hall–Kier alpha value is -1.84. The van der Waals surface area contributed by atoms with Gasteiger partial charge >= 0.3 is 0 Å². The number of hydrogen-bond acceptors (Lipinski definition) is 3. The first-order valence-electron chi connectivity index (χ1n) is 8.38. The van der Waals surface area contributed by atoms with Gasteiger partial charge in [0.15, 0.2) is 5.96 Å². The number of rotatable bonds is 7. The summed E-state index contributed by atoms with van der Waals surface area (Å²) in [4.78, 5) is 31.0. The molecule has 0 radical (unpaired) electrons. The second kappa shape index (κ2) is 12.5. The molecule has 8 heteroatoms. The molecule has 7 nitrogen and oxygen atoms in total. The van der Waals surface area contributed by atoms with Crippen LogP contribution in [0.25, 0.3) is 0 Å². The van der Waals surface area contributed by atoms with Crippen LogP contribution in [0.2, 0.25) is 0 Å². The lowest BCUT2D eigenvalue weighted by atomic mass is 10.1. The monoisotopic (exact) mass is 475 g/mol. The van der Waals surface area contributed by atoms with Crippen LogP contribution in [-0.2, 0) is 11.2 Å². The van der Waals surface area contributed by atoms with Crippen molar-refractivity contribution in [3.8, 4) is 0 Å². The van der Waals surface area contributed by atoms with Gasteiger partial charge in [-0.3, -0.25) is 9.59 Å². The highest BCUT2D eigenvalue weighted by atomic mass is 127. The molecule has 1 aromatic rings. The maximum absolute atomic E-state index is 12.0. The predicted molar refractivity (Wildman–Crippen MR) is 116 cm³/mol. The first-order chi connectivity index (χ1) is 11.8. The normalized spacial score (nSPS) is 10.6. The van der Waals surface area contributed by atoms with E-state index in [4.69, 9.17) is 0 Å². The number of amides is 2. The highest BCUT2D eigenvalue weighted by Gasteiger charge is 2.08. The number of carbonyl (C=O) groups is 2. The minimum absolute atomic E-state index is 0. The molecule has 0 aliphatic rings. The molecule has 0 fully saturated rings. The van der Waals surface area contributed by atoms with E-state index < -0.39 is 0 Å². The zero-order valence-corrected chi connectivity index (χ0v) is 18.5. The molecular weight excluding hydrogens is 445 g/mol. The Kier molecular flexibility index (Phi) is 11.6. The van der Waals surface area contributed by atoms with Crippen LogP contribution in [0.15, 0.2) is 29.3 Å². The summed E-state index contributed by atoms with van der Waals surface area (Å²) < 4.78 is 0. The van der Waals surface area contributed by atoms with Gasteiger partial charge in [0.2, 0.25) is 5.91 Å². The van der Waals surface area contributed by atoms with Crippen LogP contribution in [0.3, 0.4) is 0 Å². The fourth-order valence-electron chi connectivity index (χ4n) is 2.07. The Morgan fingerprint density at radius 1 is 1.08 bits per heavy atom. The summed E-state index contributed by atoms with van der Waals surface area (Å²) in [6.07, 6.45) is 0.751. The zero-order chi connectivity index (χ0) is 18.8. The molecule has 26 heavy (non-hydrogen) atoms. The molecule has 0 aromatic heterocycles. The number of guanidine groups is 1. The van der Waals surface area contributed by atoms with Crippen LogP contribution in [0.1, 0.15) is 22.8 Å². The lowest BCUT2D eigenvalue weighted by molar-refractivity contribution is -0.127. The summed E-state index contributed by atoms with van der Waals surface area (Å²) in [5, 5.41) is 6.32. The average Bonchev–Trinajstić information content (AvgIpc) is 2.58. The fourth-order valence-corrected chi connectivity index (χ4v) is 2.07. The number of benzene rings is 1. The van der Waals surface area contributed by atoms with E-state index in [1.165, 1.54) is 4.90 Å². The largest absolute Gasteiger partial charge is 0.357 e. The van der Waals surface area contributed by atoms with Crippen molar-refractivity contribution in [2.45, 2.75) is 13.3 Å². The van der Waals surface area contributed by atoms with E-state index in [2.05, 4.69) is 15.6 Å². The van der Waals surface area contributed by atoms with E-state index in [1.54, 1.807) is 33.1 Å². The van der Waals surface area contributed by atoms with Crippen molar-refractivity contribution in [1.82, 2.24) is 20.4 Å². The second-order valence-corrected chi connectivity index (χ2v) is 6.06. The van der Waals surface area contributed by atoms with Crippen molar-refractivity contribution in [3.05, 3.63) is 35.4 Å². The first-order valence-corrected chi connectivity index (χ1v) is 8.38. The third-order valence-corrected chi connectivity index (χ3v) is 3.50. The van der Waals surface area contributed by atoms with E-state index in [9.17, 15) is 9.59 Å². The minimum atomic E-state index is -0.0490. The van der Waals surface area contributed by atoms with Crippen LogP contribution >= 0.6 is 24.0 Å². The zero-order valence-electron chi connectivity index (χ0n) is 16.2. The van der Waals surface area contributed by atoms with Gasteiger partial charge in [-0.1, -0.05) is 12.1 Å². The van der Waals surface area contributed by atoms with Crippen molar-refractivity contribution in [2.75, 3.05) is 47.8 Å². The Morgan fingerprint density at radius 3 is 2.35 bits per heavy atom. The average molecular weight is 475 g/mol. The van der Waals surface area contributed by atoms with E-state index >= 15 is 0 Å². The third kappa shape index (κ3) is 8.50. The van der Waals surface area contributed by atoms with Gasteiger partial charge in [0.1, 0.15) is 6.54 Å². The van der Waals surface area contributed by atoms with Crippen molar-refractivity contribution in [2.24, 2.45) is 4.99 Å². The molecule has 0 aliphatic heterocycles. The van der Waals surface area contributed by atoms with Gasteiger partial charge in [0.25, 0.3) is 5.91 Å². The Labute approximate surface area is 173 Å². The summed E-state index contributed by atoms with van der Waals surface area (Å²) in [5.74, 6) is 0.553. The van der Waals surface area contributed by atoms with Crippen molar-refractivity contribution >= 4 is 41.8 Å². The standard InChI is InChI=1S/C18H29N5O2.HI/c1-6-19-18(21-13-16(24)22(2)3)20-11-10-14-8-7-9-15(12-14)17(25)23(4)5;/h7-9,12H,6,10-11,13H2,1-5H3,(H2,19,20,21);1H. The highest BCUT2D eigenvalue weighted by Crippen LogP contribution is 2.07. The summed E-state index contributed by atoms with van der Waals surface area (Å²) >= 11 is 0. The molecule has 0 aliphatic carbocycles. The smallest absolute Gasteiger partial charge is 0.253 e. The summed E-state index contributed by atoms with van der Waals surface area (Å²) in [6, 6.07) is 7.61. The molecule has 0 spiro atoms. The van der Waals surface area contributed by atoms with Crippen molar-refractivity contribution in [1.29, 1.82) is 0 Å². The Bertz CT molecular complexity index is 617. The molecule has 2 N–H and O–H groups in total. The van der Waals surface area contributed by atoms with Gasteiger partial charge in [-0.05, 0) is 31.0 Å². The quantitative estimate of drug-likeness (QED) is 0.353. The van der Waals surface area contributed by atoms with Crippen LogP contribution in [0, 0.1) is 0 Å². The molecule has 0 saturated heterocycles. The summed E-state index contributed by atoms with van der Waals surface area (Å²) in [6.45, 7) is 3.45. The molecular formula is C18H30IN5O2. The number of nitrogens with one attached hydrogen (secondary N) is 2. The van der Waals surface area contributed by atoms with Gasteiger partial charge in [0, 0.05) is 46.8 Å². The number of aliphatic imine (C=N–C) groups is 1. The first kappa shape index (κ1) is 24.2. The number of nitrogens with zero attached hydrogens (tertiary/aromatic N) is 3. The Balaban J connectivity index is 0.00000625. The molecule has 0 atom stereocenters. The van der Waals surface area contributed by atoms with E-state index in [0.29, 0.717) is 18.1 Å². The molecule has 0 bridgehead atoms. The molecule has 1 aromatic carbocycles. The second-order valence-electron chi connectivity index (χ2n) is 6.06. The number of halogens is 1. The molecule has 0 unspecified atom stereocenters. The molecule has 2 amide bonds. The van der Waals surface area contributed by atoms with Gasteiger partial charge < -0.3 is 20.4 Å². The van der Waals surface area contributed by atoms with Gasteiger partial charge in [-0.25, -0.2) is 4.99 Å². The SMILES string of the molecule is CCNC(=NCC(=O)N(C)C)NCCc1cccc(C(=O)N(C)C)c1.I. The topological polar surface area (TPSA) is 77.0 Å². The van der Waals surface area contributed by atoms with Crippen molar-refractivity contribution in [3.63, 3.8) is 0 Å². The number of hydrogen-bond donors (Lipinski definition) is 2. The maximum atomic E-state index is 12.0. The summed E-state index contributed by atoms with van der Waals surface area (Å²) in [5.41, 5.74) is 1.75. The van der Waals surface area contributed by atoms with Gasteiger partial charge in [0.05, 0.1) is 0 Å². The van der Waals surface area contributed by atoms with Crippen LogP contribution in [0.4, 0.5) is 0 Å². The number of carbonyl (C=O) groups excluding carboxylic acids is 2. The van der Waals surface area contributed by atoms with Crippen molar-refractivity contribution < 1.29 is 9.59 Å². The maximum Gasteiger partial charge on any atom is 0.253 e. The van der Waals surface area contributed by atoms with Crippen LogP contribution in [0.5, 0.6) is 0 Å². The summed E-state index contributed by atoms with van der Waals surface area (Å²) in [7, 11) is 6.90.